The Labute approximate surface area is 204 Å². The molecule has 5 unspecified atom stereocenters. The second-order valence-electron chi connectivity index (χ2n) is 10.2. The smallest absolute Gasteiger partial charge is 0.252 e. The molecule has 1 amide bonds. The standard InChI is InChI=1S/C27H24N4O5/c1-27-25(35-2)18(31(33)34)11-19(36-27)29-16-9-5-3-7-13(16)21-22-15(12-28-26(22)32)20-14-8-4-6-10-17(14)30(27)24(20)23(21)29/h3-10,18-19,25,31,33H,11-12H2,1-2H3,(H,28,32). The summed E-state index contributed by atoms with van der Waals surface area (Å²) in [4.78, 5) is 13.3. The molecule has 0 aliphatic carbocycles. The van der Waals surface area contributed by atoms with Crippen LogP contribution in [0, 0.1) is 5.21 Å². The minimum atomic E-state index is -1.10. The lowest BCUT2D eigenvalue weighted by atomic mass is 9.93. The summed E-state index contributed by atoms with van der Waals surface area (Å²) in [5, 5.41) is 28.9. The van der Waals surface area contributed by atoms with E-state index < -0.39 is 29.3 Å². The van der Waals surface area contributed by atoms with Crippen molar-refractivity contribution >= 4 is 49.5 Å². The second kappa shape index (κ2) is 6.64. The first kappa shape index (κ1) is 20.7. The number of carbonyl (C=O) groups is 1. The molecule has 1 saturated heterocycles. The van der Waals surface area contributed by atoms with Gasteiger partial charge in [0.05, 0.1) is 34.1 Å². The van der Waals surface area contributed by atoms with Crippen molar-refractivity contribution in [1.82, 2.24) is 14.5 Å². The molecule has 9 heteroatoms. The van der Waals surface area contributed by atoms with Crippen LogP contribution >= 0.6 is 0 Å². The van der Waals surface area contributed by atoms with Crippen LogP contribution in [0.25, 0.3) is 43.6 Å². The number of ether oxygens (including phenoxy) is 2. The summed E-state index contributed by atoms with van der Waals surface area (Å²) in [6, 6.07) is 15.3. The molecule has 2 aromatic heterocycles. The van der Waals surface area contributed by atoms with E-state index in [0.29, 0.717) is 12.1 Å². The molecule has 0 spiro atoms. The first-order valence-corrected chi connectivity index (χ1v) is 12.2. The summed E-state index contributed by atoms with van der Waals surface area (Å²) < 4.78 is 17.1. The van der Waals surface area contributed by atoms with Gasteiger partial charge in [0.2, 0.25) is 0 Å². The van der Waals surface area contributed by atoms with E-state index in [2.05, 4.69) is 20.5 Å². The summed E-state index contributed by atoms with van der Waals surface area (Å²) in [7, 11) is 1.56. The topological polar surface area (TPSA) is 105 Å². The van der Waals surface area contributed by atoms with Crippen molar-refractivity contribution in [1.29, 1.82) is 0 Å². The summed E-state index contributed by atoms with van der Waals surface area (Å²) in [6.07, 6.45) is -1.01. The zero-order valence-corrected chi connectivity index (χ0v) is 19.7. The fourth-order valence-electron chi connectivity index (χ4n) is 7.30. The minimum Gasteiger partial charge on any atom is -0.600 e. The van der Waals surface area contributed by atoms with Gasteiger partial charge < -0.3 is 29.1 Å². The first-order chi connectivity index (χ1) is 17.5. The molecule has 0 radical (unpaired) electrons. The number of methoxy groups -OCH3 is 1. The fraction of sp³-hybridized carbons (Fsp3) is 0.296. The van der Waals surface area contributed by atoms with E-state index in [4.69, 9.17) is 9.47 Å². The second-order valence-corrected chi connectivity index (χ2v) is 10.2. The van der Waals surface area contributed by atoms with Crippen LogP contribution in [0.4, 0.5) is 0 Å². The zero-order chi connectivity index (χ0) is 24.5. The lowest BCUT2D eigenvalue weighted by Gasteiger charge is -2.48. The van der Waals surface area contributed by atoms with E-state index in [1.54, 1.807) is 7.11 Å². The van der Waals surface area contributed by atoms with E-state index in [1.807, 2.05) is 49.4 Å². The Kier molecular flexibility index (Phi) is 3.82. The van der Waals surface area contributed by atoms with Gasteiger partial charge >= 0.3 is 0 Å². The molecule has 2 bridgehead atoms. The third-order valence-electron chi connectivity index (χ3n) is 8.54. The van der Waals surface area contributed by atoms with E-state index in [1.165, 1.54) is 0 Å². The van der Waals surface area contributed by atoms with Crippen LogP contribution < -0.4 is 10.5 Å². The summed E-state index contributed by atoms with van der Waals surface area (Å²) in [6.45, 7) is 2.38. The van der Waals surface area contributed by atoms with E-state index in [-0.39, 0.29) is 12.3 Å². The number of hydroxylamine groups is 2. The Morgan fingerprint density at radius 2 is 1.81 bits per heavy atom. The molecule has 3 aliphatic rings. The number of hydrogen-bond donors (Lipinski definition) is 3. The number of benzene rings is 3. The minimum absolute atomic E-state index is 0.0795. The van der Waals surface area contributed by atoms with Crippen molar-refractivity contribution in [2.75, 3.05) is 7.11 Å². The molecule has 3 aliphatic heterocycles. The quantitative estimate of drug-likeness (QED) is 0.334. The molecule has 9 nitrogen and oxygen atoms in total. The van der Waals surface area contributed by atoms with Crippen molar-refractivity contribution in [3.8, 4) is 0 Å². The SMILES string of the molecule is COC1C([NH+]([O-])O)CC2OC1(C)n1c3ccccc3c3c4c(c5c6ccccc6n2c5c31)C(=O)NC4. The molecule has 5 aromatic rings. The van der Waals surface area contributed by atoms with Gasteiger partial charge in [0.25, 0.3) is 5.91 Å². The number of para-hydroxylation sites is 2. The molecule has 182 valence electrons. The molecule has 8 rings (SSSR count). The first-order valence-electron chi connectivity index (χ1n) is 12.2. The highest BCUT2D eigenvalue weighted by Crippen LogP contribution is 2.53. The largest absolute Gasteiger partial charge is 0.600 e. The van der Waals surface area contributed by atoms with Gasteiger partial charge in [-0.15, -0.1) is 0 Å². The van der Waals surface area contributed by atoms with Gasteiger partial charge in [-0.1, -0.05) is 36.4 Å². The van der Waals surface area contributed by atoms with Crippen molar-refractivity contribution in [3.05, 3.63) is 64.9 Å². The molecule has 1 fully saturated rings. The normalized spacial score (nSPS) is 27.8. The third-order valence-corrected chi connectivity index (χ3v) is 8.54. The molecule has 0 saturated carbocycles. The number of rotatable bonds is 2. The van der Waals surface area contributed by atoms with Gasteiger partial charge in [0, 0.05) is 35.2 Å². The van der Waals surface area contributed by atoms with Gasteiger partial charge in [0.15, 0.2) is 17.9 Å². The number of nitrogens with one attached hydrogen (secondary N) is 2. The van der Waals surface area contributed by atoms with Crippen molar-refractivity contribution in [2.24, 2.45) is 0 Å². The molecular weight excluding hydrogens is 460 g/mol. The average Bonchev–Trinajstić information content (AvgIpc) is 3.51. The Morgan fingerprint density at radius 1 is 1.11 bits per heavy atom. The lowest BCUT2D eigenvalue weighted by molar-refractivity contribution is -1.07. The van der Waals surface area contributed by atoms with Gasteiger partial charge in [-0.3, -0.25) is 4.79 Å². The number of aromatic nitrogens is 2. The van der Waals surface area contributed by atoms with Crippen LogP contribution in [0.5, 0.6) is 0 Å². The fourth-order valence-corrected chi connectivity index (χ4v) is 7.30. The van der Waals surface area contributed by atoms with Crippen molar-refractivity contribution < 1.29 is 24.7 Å². The predicted octanol–water partition coefficient (Wildman–Crippen LogP) is 2.91. The Morgan fingerprint density at radius 3 is 2.53 bits per heavy atom. The van der Waals surface area contributed by atoms with E-state index >= 15 is 0 Å². The molecule has 3 N–H and O–H groups in total. The lowest BCUT2D eigenvalue weighted by Crippen LogP contribution is -3.11. The van der Waals surface area contributed by atoms with Gasteiger partial charge in [-0.05, 0) is 24.6 Å². The Balaban J connectivity index is 1.70. The monoisotopic (exact) mass is 484 g/mol. The highest BCUT2D eigenvalue weighted by Gasteiger charge is 2.55. The van der Waals surface area contributed by atoms with Crippen LogP contribution in [0.3, 0.4) is 0 Å². The molecule has 5 atom stereocenters. The van der Waals surface area contributed by atoms with Crippen molar-refractivity contribution in [3.63, 3.8) is 0 Å². The number of amides is 1. The summed E-state index contributed by atoms with van der Waals surface area (Å²) in [5.41, 5.74) is 4.30. The number of hydrogen-bond acceptors (Lipinski definition) is 5. The van der Waals surface area contributed by atoms with Crippen LogP contribution in [0.2, 0.25) is 0 Å². The maximum Gasteiger partial charge on any atom is 0.252 e. The number of quaternary nitrogens is 1. The van der Waals surface area contributed by atoms with E-state index in [9.17, 15) is 15.2 Å². The summed E-state index contributed by atoms with van der Waals surface area (Å²) >= 11 is 0. The highest BCUT2D eigenvalue weighted by molar-refractivity contribution is 6.31. The highest BCUT2D eigenvalue weighted by atomic mass is 16.8. The maximum atomic E-state index is 13.3. The molecule has 36 heavy (non-hydrogen) atoms. The van der Waals surface area contributed by atoms with Gasteiger partial charge in [-0.25, -0.2) is 10.4 Å². The summed E-state index contributed by atoms with van der Waals surface area (Å²) in [5.74, 6) is -0.0795. The Bertz CT molecular complexity index is 1790. The number of nitrogens with zero attached hydrogens (tertiary/aromatic N) is 2. The molecular formula is C27H24N4O5. The van der Waals surface area contributed by atoms with Gasteiger partial charge in [0.1, 0.15) is 6.23 Å². The van der Waals surface area contributed by atoms with Crippen LogP contribution in [-0.4, -0.2) is 39.5 Å². The van der Waals surface area contributed by atoms with Crippen LogP contribution in [-0.2, 0) is 21.7 Å². The third kappa shape index (κ3) is 2.18. The average molecular weight is 485 g/mol. The van der Waals surface area contributed by atoms with Crippen LogP contribution in [0.15, 0.2) is 48.5 Å². The van der Waals surface area contributed by atoms with Crippen molar-refractivity contribution in [2.45, 2.75) is 44.0 Å². The molecule has 3 aromatic carbocycles. The van der Waals surface area contributed by atoms with Crippen LogP contribution in [0.1, 0.15) is 35.5 Å². The maximum absolute atomic E-state index is 13.3. The predicted molar refractivity (Wildman–Crippen MR) is 133 cm³/mol. The number of fused-ring (bicyclic) bond motifs is 13. The Hall–Kier alpha value is -3.47. The zero-order valence-electron chi connectivity index (χ0n) is 19.7. The number of carbonyl (C=O) groups excluding carboxylic acids is 1. The van der Waals surface area contributed by atoms with E-state index in [0.717, 1.165) is 49.2 Å². The molecule has 5 heterocycles. The van der Waals surface area contributed by atoms with Gasteiger partial charge in [-0.2, -0.15) is 0 Å².